The summed E-state index contributed by atoms with van der Waals surface area (Å²) in [6.45, 7) is 0. The molecule has 0 radical (unpaired) electrons. The lowest BCUT2D eigenvalue weighted by Gasteiger charge is -2.02. The maximum Gasteiger partial charge on any atom is 0.673 e. The van der Waals surface area contributed by atoms with Gasteiger partial charge in [-0.25, -0.2) is 0 Å². The Hall–Kier alpha value is -3.14. The van der Waals surface area contributed by atoms with Gasteiger partial charge in [0.05, 0.1) is 5.56 Å². The SMILES string of the molecule is F[B-](F)(F)F.N#[N+]c1cc(-c2ccccc2)ccc1-c1ccccc1. The molecule has 0 fully saturated rings. The Morgan fingerprint density at radius 1 is 0.640 bits per heavy atom. The fourth-order valence-corrected chi connectivity index (χ4v) is 2.29. The molecule has 0 saturated carbocycles. The number of benzene rings is 3. The van der Waals surface area contributed by atoms with Gasteiger partial charge >= 0.3 is 12.9 Å². The van der Waals surface area contributed by atoms with Gasteiger partial charge in [0.1, 0.15) is 0 Å². The van der Waals surface area contributed by atoms with Gasteiger partial charge in [0.25, 0.3) is 0 Å². The molecule has 0 amide bonds. The van der Waals surface area contributed by atoms with Crippen molar-refractivity contribution in [2.75, 3.05) is 0 Å². The van der Waals surface area contributed by atoms with Gasteiger partial charge in [0.15, 0.2) is 4.98 Å². The second-order valence-corrected chi connectivity index (χ2v) is 5.06. The van der Waals surface area contributed by atoms with Crippen LogP contribution in [0.25, 0.3) is 27.2 Å². The first-order chi connectivity index (χ1) is 11.9. The van der Waals surface area contributed by atoms with Crippen molar-refractivity contribution in [2.45, 2.75) is 0 Å². The Kier molecular flexibility index (Phi) is 5.91. The van der Waals surface area contributed by atoms with Gasteiger partial charge < -0.3 is 17.3 Å². The predicted octanol–water partition coefficient (Wildman–Crippen LogP) is 6.81. The van der Waals surface area contributed by atoms with Crippen LogP contribution in [-0.2, 0) is 0 Å². The van der Waals surface area contributed by atoms with Crippen molar-refractivity contribution in [1.82, 2.24) is 0 Å². The van der Waals surface area contributed by atoms with E-state index in [-0.39, 0.29) is 0 Å². The van der Waals surface area contributed by atoms with Crippen molar-refractivity contribution < 1.29 is 17.3 Å². The van der Waals surface area contributed by atoms with E-state index in [1.165, 1.54) is 0 Å². The Morgan fingerprint density at radius 2 is 1.12 bits per heavy atom. The summed E-state index contributed by atoms with van der Waals surface area (Å²) in [6.07, 6.45) is 0. The highest BCUT2D eigenvalue weighted by atomic mass is 19.5. The van der Waals surface area contributed by atoms with Gasteiger partial charge in [-0.1, -0.05) is 66.7 Å². The molecule has 3 aromatic rings. The largest absolute Gasteiger partial charge is 0.673 e. The van der Waals surface area contributed by atoms with E-state index in [9.17, 15) is 22.7 Å². The number of nitrogens with zero attached hydrogens (tertiary/aromatic N) is 2. The molecule has 7 heteroatoms. The van der Waals surface area contributed by atoms with Crippen molar-refractivity contribution in [3.05, 3.63) is 83.8 Å². The van der Waals surface area contributed by atoms with E-state index >= 15 is 0 Å². The van der Waals surface area contributed by atoms with Gasteiger partial charge in [0, 0.05) is 6.07 Å². The van der Waals surface area contributed by atoms with Crippen molar-refractivity contribution in [3.63, 3.8) is 0 Å². The van der Waals surface area contributed by atoms with Crippen LogP contribution in [0.2, 0.25) is 0 Å². The third-order valence-corrected chi connectivity index (χ3v) is 3.30. The molecule has 3 rings (SSSR count). The molecule has 0 aliphatic heterocycles. The van der Waals surface area contributed by atoms with Crippen LogP contribution >= 0.6 is 0 Å². The van der Waals surface area contributed by atoms with Crippen LogP contribution in [-0.4, -0.2) is 7.25 Å². The number of hydrogen-bond donors (Lipinski definition) is 0. The monoisotopic (exact) mass is 344 g/mol. The molecule has 0 N–H and O–H groups in total. The molecule has 0 bridgehead atoms. The Labute approximate surface area is 142 Å². The highest BCUT2D eigenvalue weighted by Crippen LogP contribution is 2.34. The molecule has 0 atom stereocenters. The van der Waals surface area contributed by atoms with E-state index in [4.69, 9.17) is 0 Å². The lowest BCUT2D eigenvalue weighted by molar-refractivity contribution is 0.368. The van der Waals surface area contributed by atoms with Gasteiger partial charge in [-0.15, -0.1) is 0 Å². The first kappa shape index (κ1) is 18.2. The molecule has 3 aromatic carbocycles. The Morgan fingerprint density at radius 3 is 1.60 bits per heavy atom. The molecule has 25 heavy (non-hydrogen) atoms. The van der Waals surface area contributed by atoms with Gasteiger partial charge in [0.2, 0.25) is 5.39 Å². The van der Waals surface area contributed by atoms with E-state index in [0.717, 1.165) is 22.3 Å². The Balaban J connectivity index is 0.000000399. The van der Waals surface area contributed by atoms with Crippen LogP contribution in [0.3, 0.4) is 0 Å². The summed E-state index contributed by atoms with van der Waals surface area (Å²) in [6, 6.07) is 25.9. The van der Waals surface area contributed by atoms with Crippen molar-refractivity contribution in [3.8, 4) is 22.3 Å². The van der Waals surface area contributed by atoms with Gasteiger partial charge in [-0.05, 0) is 22.8 Å². The summed E-state index contributed by atoms with van der Waals surface area (Å²) in [5.41, 5.74) is 4.69. The minimum absolute atomic E-state index is 0.581. The summed E-state index contributed by atoms with van der Waals surface area (Å²) in [5.74, 6) is 0. The highest BCUT2D eigenvalue weighted by molar-refractivity contribution is 6.50. The molecule has 0 heterocycles. The smallest absolute Gasteiger partial charge is 0.418 e. The molecule has 0 spiro atoms. The standard InChI is InChI=1S/C18H13N2.BF4/c19-20-18-13-16(14-7-3-1-4-8-14)11-12-17(18)15-9-5-2-6-10-15;2-1(3,4)5/h1-13H;/q+1;-1. The van der Waals surface area contributed by atoms with Crippen molar-refractivity contribution >= 4 is 12.9 Å². The van der Waals surface area contributed by atoms with Crippen LogP contribution in [0.1, 0.15) is 0 Å². The number of halogens is 4. The summed E-state index contributed by atoms with van der Waals surface area (Å²) in [4.78, 5) is 3.43. The molecule has 126 valence electrons. The lowest BCUT2D eigenvalue weighted by Crippen LogP contribution is -2.02. The number of diazo groups is 1. The lowest BCUT2D eigenvalue weighted by atomic mass is 9.98. The summed E-state index contributed by atoms with van der Waals surface area (Å²) < 4.78 is 39.0. The highest BCUT2D eigenvalue weighted by Gasteiger charge is 2.20. The van der Waals surface area contributed by atoms with Crippen LogP contribution in [0.5, 0.6) is 0 Å². The predicted molar refractivity (Wildman–Crippen MR) is 92.2 cm³/mol. The number of hydrogen-bond acceptors (Lipinski definition) is 1. The van der Waals surface area contributed by atoms with E-state index in [2.05, 4.69) is 4.98 Å². The minimum atomic E-state index is -6.00. The van der Waals surface area contributed by atoms with Crippen molar-refractivity contribution in [1.29, 1.82) is 5.39 Å². The third kappa shape index (κ3) is 5.77. The average Bonchev–Trinajstić information content (AvgIpc) is 2.61. The van der Waals surface area contributed by atoms with Crippen LogP contribution in [0.4, 0.5) is 23.0 Å². The van der Waals surface area contributed by atoms with Crippen LogP contribution in [0.15, 0.2) is 78.9 Å². The first-order valence-electron chi connectivity index (χ1n) is 7.36. The van der Waals surface area contributed by atoms with E-state index in [1.54, 1.807) is 0 Å². The quantitative estimate of drug-likeness (QED) is 0.285. The molecule has 2 nitrogen and oxygen atoms in total. The minimum Gasteiger partial charge on any atom is -0.418 e. The molecule has 0 saturated heterocycles. The fourth-order valence-electron chi connectivity index (χ4n) is 2.29. The zero-order valence-corrected chi connectivity index (χ0v) is 13.0. The van der Waals surface area contributed by atoms with E-state index < -0.39 is 7.25 Å². The Bertz CT molecular complexity index is 854. The normalized spacial score (nSPS) is 10.4. The fraction of sp³-hybridized carbons (Fsp3) is 0. The van der Waals surface area contributed by atoms with E-state index in [0.29, 0.717) is 5.69 Å². The third-order valence-electron chi connectivity index (χ3n) is 3.30. The second-order valence-electron chi connectivity index (χ2n) is 5.06. The van der Waals surface area contributed by atoms with Gasteiger partial charge in [-0.3, -0.25) is 0 Å². The first-order valence-corrected chi connectivity index (χ1v) is 7.36. The van der Waals surface area contributed by atoms with Crippen molar-refractivity contribution in [2.24, 2.45) is 0 Å². The second kappa shape index (κ2) is 8.11. The molecule has 0 unspecified atom stereocenters. The maximum absolute atomic E-state index is 9.75. The average molecular weight is 344 g/mol. The summed E-state index contributed by atoms with van der Waals surface area (Å²) in [7, 11) is -6.00. The van der Waals surface area contributed by atoms with E-state index in [1.807, 2.05) is 78.9 Å². The van der Waals surface area contributed by atoms with Gasteiger partial charge in [-0.2, -0.15) is 0 Å². The molecular weight excluding hydrogens is 331 g/mol. The van der Waals surface area contributed by atoms with Crippen LogP contribution < -0.4 is 0 Å². The topological polar surface area (TPSA) is 28.1 Å². The zero-order valence-electron chi connectivity index (χ0n) is 13.0. The molecule has 0 aliphatic rings. The number of rotatable bonds is 2. The van der Waals surface area contributed by atoms with Crippen LogP contribution in [0, 0.1) is 5.39 Å². The maximum atomic E-state index is 9.75. The molecule has 0 aliphatic carbocycles. The molecule has 0 aromatic heterocycles. The summed E-state index contributed by atoms with van der Waals surface area (Å²) in [5, 5.41) is 9.28. The zero-order chi connectivity index (χ0) is 18.3. The molecular formula is C18H13BF4N2. The summed E-state index contributed by atoms with van der Waals surface area (Å²) >= 11 is 0.